The highest BCUT2D eigenvalue weighted by atomic mass is 35.5. The minimum absolute atomic E-state index is 0. The van der Waals surface area contributed by atoms with Gasteiger partial charge < -0.3 is 14.4 Å². The number of piperidine rings is 1. The van der Waals surface area contributed by atoms with E-state index in [0.717, 1.165) is 43.7 Å². The van der Waals surface area contributed by atoms with Gasteiger partial charge in [-0.05, 0) is 25.0 Å². The highest BCUT2D eigenvalue weighted by molar-refractivity contribution is 5.85. The number of hydrogen-bond donors (Lipinski definition) is 0. The van der Waals surface area contributed by atoms with Crippen LogP contribution in [0.5, 0.6) is 5.75 Å². The largest absolute Gasteiger partial charge is 0.497 e. The Labute approximate surface area is 108 Å². The minimum atomic E-state index is 0. The van der Waals surface area contributed by atoms with Crippen LogP contribution in [0.2, 0.25) is 0 Å². The van der Waals surface area contributed by atoms with Crippen molar-refractivity contribution in [3.8, 4) is 5.75 Å². The van der Waals surface area contributed by atoms with Crippen molar-refractivity contribution in [2.24, 2.45) is 5.92 Å². The number of carbonyl (C=O) groups excluding carboxylic acids is 1. The maximum Gasteiger partial charge on any atom is 0.124 e. The van der Waals surface area contributed by atoms with Gasteiger partial charge in [-0.25, -0.2) is 0 Å². The van der Waals surface area contributed by atoms with Crippen molar-refractivity contribution in [2.75, 3.05) is 25.1 Å². The summed E-state index contributed by atoms with van der Waals surface area (Å²) in [5.41, 5.74) is 1.14. The van der Waals surface area contributed by atoms with E-state index in [0.29, 0.717) is 0 Å². The van der Waals surface area contributed by atoms with Crippen molar-refractivity contribution in [1.29, 1.82) is 0 Å². The molecule has 2 rings (SSSR count). The SMILES string of the molecule is COc1cccc(N2CCCC(C=O)C2)c1.Cl. The van der Waals surface area contributed by atoms with E-state index in [1.54, 1.807) is 7.11 Å². The Balaban J connectivity index is 0.00000144. The van der Waals surface area contributed by atoms with Crippen LogP contribution < -0.4 is 9.64 Å². The molecule has 0 amide bonds. The second kappa shape index (κ2) is 6.50. The summed E-state index contributed by atoms with van der Waals surface area (Å²) < 4.78 is 5.20. The second-order valence-corrected chi connectivity index (χ2v) is 4.19. The predicted molar refractivity (Wildman–Crippen MR) is 71.2 cm³/mol. The molecule has 3 nitrogen and oxygen atoms in total. The molecule has 0 aliphatic carbocycles. The summed E-state index contributed by atoms with van der Waals surface area (Å²) in [6.07, 6.45) is 3.18. The number of nitrogens with zero attached hydrogens (tertiary/aromatic N) is 1. The first-order chi connectivity index (χ1) is 7.83. The molecule has 0 aromatic heterocycles. The van der Waals surface area contributed by atoms with E-state index in [2.05, 4.69) is 11.0 Å². The fourth-order valence-electron chi connectivity index (χ4n) is 2.16. The molecule has 1 aromatic carbocycles. The molecule has 1 unspecified atom stereocenters. The standard InChI is InChI=1S/C13H17NO2.ClH/c1-16-13-6-2-5-12(8-13)14-7-3-4-11(9-14)10-15;/h2,5-6,8,10-11H,3-4,7,9H2,1H3;1H. The van der Waals surface area contributed by atoms with E-state index in [-0.39, 0.29) is 18.3 Å². The van der Waals surface area contributed by atoms with Gasteiger partial charge in [0.2, 0.25) is 0 Å². The molecule has 4 heteroatoms. The summed E-state index contributed by atoms with van der Waals surface area (Å²) in [5.74, 6) is 1.05. The second-order valence-electron chi connectivity index (χ2n) is 4.19. The van der Waals surface area contributed by atoms with E-state index < -0.39 is 0 Å². The summed E-state index contributed by atoms with van der Waals surface area (Å²) in [5, 5.41) is 0. The number of benzene rings is 1. The zero-order valence-corrected chi connectivity index (χ0v) is 10.8. The molecule has 0 spiro atoms. The topological polar surface area (TPSA) is 29.5 Å². The lowest BCUT2D eigenvalue weighted by molar-refractivity contribution is -0.111. The third-order valence-electron chi connectivity index (χ3n) is 3.07. The van der Waals surface area contributed by atoms with E-state index in [1.165, 1.54) is 0 Å². The molecule has 1 aliphatic rings. The molecule has 1 saturated heterocycles. The van der Waals surface area contributed by atoms with Crippen molar-refractivity contribution in [2.45, 2.75) is 12.8 Å². The summed E-state index contributed by atoms with van der Waals surface area (Å²) >= 11 is 0. The molecule has 1 heterocycles. The molecule has 1 aromatic rings. The molecule has 1 atom stereocenters. The van der Waals surface area contributed by atoms with Gasteiger partial charge in [-0.15, -0.1) is 12.4 Å². The molecular weight excluding hydrogens is 238 g/mol. The lowest BCUT2D eigenvalue weighted by atomic mass is 9.99. The fraction of sp³-hybridized carbons (Fsp3) is 0.462. The van der Waals surface area contributed by atoms with Crippen molar-refractivity contribution in [3.63, 3.8) is 0 Å². The Kier molecular flexibility index (Phi) is 5.29. The zero-order valence-electron chi connectivity index (χ0n) is 9.96. The Bertz CT molecular complexity index is 370. The maximum absolute atomic E-state index is 10.8. The van der Waals surface area contributed by atoms with Gasteiger partial charge in [0.15, 0.2) is 0 Å². The van der Waals surface area contributed by atoms with Gasteiger partial charge in [-0.1, -0.05) is 6.07 Å². The summed E-state index contributed by atoms with van der Waals surface area (Å²) in [7, 11) is 1.67. The third-order valence-corrected chi connectivity index (χ3v) is 3.07. The monoisotopic (exact) mass is 255 g/mol. The molecule has 0 N–H and O–H groups in total. The molecule has 0 saturated carbocycles. The Morgan fingerprint density at radius 3 is 3.00 bits per heavy atom. The van der Waals surface area contributed by atoms with Gasteiger partial charge in [0.1, 0.15) is 12.0 Å². The number of aldehydes is 1. The van der Waals surface area contributed by atoms with Crippen molar-refractivity contribution in [1.82, 2.24) is 0 Å². The van der Waals surface area contributed by atoms with Crippen LogP contribution in [0.1, 0.15) is 12.8 Å². The first-order valence-corrected chi connectivity index (χ1v) is 5.68. The lowest BCUT2D eigenvalue weighted by Gasteiger charge is -2.32. The van der Waals surface area contributed by atoms with Gasteiger partial charge in [0, 0.05) is 30.8 Å². The fourth-order valence-corrected chi connectivity index (χ4v) is 2.16. The molecule has 1 aliphatic heterocycles. The number of halogens is 1. The molecule has 0 radical (unpaired) electrons. The van der Waals surface area contributed by atoms with Crippen LogP contribution in [0, 0.1) is 5.92 Å². The molecule has 94 valence electrons. The third kappa shape index (κ3) is 3.37. The smallest absolute Gasteiger partial charge is 0.124 e. The maximum atomic E-state index is 10.8. The normalized spacial score (nSPS) is 19.4. The minimum Gasteiger partial charge on any atom is -0.497 e. The molecule has 1 fully saturated rings. The van der Waals surface area contributed by atoms with E-state index >= 15 is 0 Å². The van der Waals surface area contributed by atoms with Crippen LogP contribution in [0.4, 0.5) is 5.69 Å². The van der Waals surface area contributed by atoms with Gasteiger partial charge in [-0.2, -0.15) is 0 Å². The predicted octanol–water partition coefficient (Wildman–Crippen LogP) is 2.53. The highest BCUT2D eigenvalue weighted by Gasteiger charge is 2.19. The average molecular weight is 256 g/mol. The summed E-state index contributed by atoms with van der Waals surface area (Å²) in [6, 6.07) is 8.01. The average Bonchev–Trinajstić information content (AvgIpc) is 2.39. The van der Waals surface area contributed by atoms with E-state index in [1.807, 2.05) is 18.2 Å². The number of carbonyl (C=O) groups is 1. The first-order valence-electron chi connectivity index (χ1n) is 5.68. The Morgan fingerprint density at radius 2 is 2.29 bits per heavy atom. The van der Waals surface area contributed by atoms with Crippen LogP contribution in [0.25, 0.3) is 0 Å². The Hall–Kier alpha value is -1.22. The number of ether oxygens (including phenoxy) is 1. The van der Waals surface area contributed by atoms with Gasteiger partial charge in [0.25, 0.3) is 0 Å². The zero-order chi connectivity index (χ0) is 11.4. The lowest BCUT2D eigenvalue weighted by Crippen LogP contribution is -2.35. The highest BCUT2D eigenvalue weighted by Crippen LogP contribution is 2.25. The van der Waals surface area contributed by atoms with Gasteiger partial charge >= 0.3 is 0 Å². The number of rotatable bonds is 3. The van der Waals surface area contributed by atoms with Crippen LogP contribution in [0.3, 0.4) is 0 Å². The quantitative estimate of drug-likeness (QED) is 0.778. The summed E-state index contributed by atoms with van der Waals surface area (Å²) in [4.78, 5) is 13.1. The van der Waals surface area contributed by atoms with E-state index in [4.69, 9.17) is 4.74 Å². The van der Waals surface area contributed by atoms with Crippen molar-refractivity contribution < 1.29 is 9.53 Å². The van der Waals surface area contributed by atoms with Crippen LogP contribution in [-0.2, 0) is 4.79 Å². The summed E-state index contributed by atoms with van der Waals surface area (Å²) in [6.45, 7) is 1.86. The van der Waals surface area contributed by atoms with Crippen LogP contribution in [-0.4, -0.2) is 26.5 Å². The van der Waals surface area contributed by atoms with Crippen LogP contribution in [0.15, 0.2) is 24.3 Å². The van der Waals surface area contributed by atoms with Crippen molar-refractivity contribution in [3.05, 3.63) is 24.3 Å². The molecular formula is C13H18ClNO2. The van der Waals surface area contributed by atoms with E-state index in [9.17, 15) is 4.79 Å². The Morgan fingerprint density at radius 1 is 1.47 bits per heavy atom. The van der Waals surface area contributed by atoms with Crippen LogP contribution >= 0.6 is 12.4 Å². The molecule has 17 heavy (non-hydrogen) atoms. The molecule has 0 bridgehead atoms. The number of hydrogen-bond acceptors (Lipinski definition) is 3. The number of anilines is 1. The van der Waals surface area contributed by atoms with Crippen molar-refractivity contribution >= 4 is 24.4 Å². The first kappa shape index (κ1) is 13.8. The number of methoxy groups -OCH3 is 1. The van der Waals surface area contributed by atoms with Gasteiger partial charge in [-0.3, -0.25) is 0 Å². The van der Waals surface area contributed by atoms with Gasteiger partial charge in [0.05, 0.1) is 7.11 Å².